The predicted molar refractivity (Wildman–Crippen MR) is 94.1 cm³/mol. The number of fused-ring (bicyclic) bond motifs is 1. The number of carbonyl (C=O) groups excluding carboxylic acids is 1. The van der Waals surface area contributed by atoms with E-state index in [2.05, 4.69) is 10.6 Å². The van der Waals surface area contributed by atoms with Gasteiger partial charge in [0.1, 0.15) is 13.2 Å². The van der Waals surface area contributed by atoms with Crippen LogP contribution in [0.2, 0.25) is 0 Å². The molecule has 1 saturated heterocycles. The van der Waals surface area contributed by atoms with Crippen LogP contribution in [0, 0.1) is 0 Å². The van der Waals surface area contributed by atoms with Gasteiger partial charge in [0.2, 0.25) is 5.91 Å². The minimum absolute atomic E-state index is 0. The molecule has 1 aromatic carbocycles. The summed E-state index contributed by atoms with van der Waals surface area (Å²) >= 11 is 1.67. The summed E-state index contributed by atoms with van der Waals surface area (Å²) in [5.41, 5.74) is 0. The van der Waals surface area contributed by atoms with Crippen molar-refractivity contribution in [3.05, 3.63) is 18.2 Å². The third-order valence-electron chi connectivity index (χ3n) is 3.82. The van der Waals surface area contributed by atoms with Crippen LogP contribution in [0.15, 0.2) is 23.1 Å². The molecule has 23 heavy (non-hydrogen) atoms. The summed E-state index contributed by atoms with van der Waals surface area (Å²) in [4.78, 5) is 13.1. The second kappa shape index (κ2) is 9.25. The van der Waals surface area contributed by atoms with Crippen LogP contribution in [0.4, 0.5) is 0 Å². The van der Waals surface area contributed by atoms with Gasteiger partial charge in [-0.3, -0.25) is 4.79 Å². The summed E-state index contributed by atoms with van der Waals surface area (Å²) in [6, 6.07) is 6.28. The molecule has 0 unspecified atom stereocenters. The van der Waals surface area contributed by atoms with E-state index < -0.39 is 0 Å². The van der Waals surface area contributed by atoms with Crippen molar-refractivity contribution in [1.82, 2.24) is 10.6 Å². The lowest BCUT2D eigenvalue weighted by atomic mass is 10.1. The van der Waals surface area contributed by atoms with Crippen molar-refractivity contribution in [2.24, 2.45) is 0 Å². The van der Waals surface area contributed by atoms with Gasteiger partial charge < -0.3 is 20.1 Å². The first kappa shape index (κ1) is 18.2. The minimum Gasteiger partial charge on any atom is -0.486 e. The van der Waals surface area contributed by atoms with Crippen molar-refractivity contribution in [3.63, 3.8) is 0 Å². The van der Waals surface area contributed by atoms with Crippen molar-refractivity contribution >= 4 is 30.1 Å². The van der Waals surface area contributed by atoms with Gasteiger partial charge in [0.15, 0.2) is 11.5 Å². The molecular weight excluding hydrogens is 336 g/mol. The van der Waals surface area contributed by atoms with Gasteiger partial charge in [-0.05, 0) is 44.1 Å². The standard InChI is InChI=1S/C16H22N2O3S.ClH/c19-16(18-12-3-6-17-7-4-12)5-10-22-13-1-2-14-15(11-13)21-9-8-20-14;/h1-2,11-12,17H,3-10H2,(H,18,19);1H. The maximum Gasteiger partial charge on any atom is 0.221 e. The minimum atomic E-state index is 0. The van der Waals surface area contributed by atoms with Crippen LogP contribution in [0.25, 0.3) is 0 Å². The Bertz CT molecular complexity index is 524. The highest BCUT2D eigenvalue weighted by Gasteiger charge is 2.15. The summed E-state index contributed by atoms with van der Waals surface area (Å²) in [7, 11) is 0. The topological polar surface area (TPSA) is 59.6 Å². The quantitative estimate of drug-likeness (QED) is 0.790. The molecule has 2 heterocycles. The normalized spacial score (nSPS) is 17.2. The summed E-state index contributed by atoms with van der Waals surface area (Å²) in [6.45, 7) is 3.20. The first-order chi connectivity index (χ1) is 10.8. The molecule has 0 spiro atoms. The molecular formula is C16H23ClN2O3S. The molecule has 1 aromatic rings. The van der Waals surface area contributed by atoms with Crippen molar-refractivity contribution in [3.8, 4) is 11.5 Å². The molecule has 2 N–H and O–H groups in total. The number of hydrogen-bond donors (Lipinski definition) is 2. The van der Waals surface area contributed by atoms with Gasteiger partial charge in [-0.25, -0.2) is 0 Å². The lowest BCUT2D eigenvalue weighted by molar-refractivity contribution is -0.121. The zero-order chi connectivity index (χ0) is 15.2. The Morgan fingerprint density at radius 3 is 2.74 bits per heavy atom. The Kier molecular flexibility index (Phi) is 7.33. The number of rotatable bonds is 5. The van der Waals surface area contributed by atoms with Crippen LogP contribution in [-0.2, 0) is 4.79 Å². The SMILES string of the molecule is Cl.O=C(CCSc1ccc2c(c1)OCCO2)NC1CCNCC1. The number of halogens is 1. The van der Waals surface area contributed by atoms with Crippen LogP contribution in [-0.4, -0.2) is 44.0 Å². The number of nitrogens with one attached hydrogen (secondary N) is 2. The monoisotopic (exact) mass is 358 g/mol. The smallest absolute Gasteiger partial charge is 0.221 e. The third kappa shape index (κ3) is 5.48. The highest BCUT2D eigenvalue weighted by atomic mass is 35.5. The van der Waals surface area contributed by atoms with Crippen LogP contribution in [0.3, 0.4) is 0 Å². The van der Waals surface area contributed by atoms with Gasteiger partial charge in [-0.15, -0.1) is 24.2 Å². The third-order valence-corrected chi connectivity index (χ3v) is 4.81. The van der Waals surface area contributed by atoms with E-state index in [0.29, 0.717) is 25.7 Å². The Morgan fingerprint density at radius 2 is 1.96 bits per heavy atom. The molecule has 0 aliphatic carbocycles. The molecule has 3 rings (SSSR count). The van der Waals surface area contributed by atoms with Crippen molar-refractivity contribution in [2.45, 2.75) is 30.2 Å². The van der Waals surface area contributed by atoms with Crippen molar-refractivity contribution in [1.29, 1.82) is 0 Å². The fraction of sp³-hybridized carbons (Fsp3) is 0.562. The first-order valence-corrected chi connectivity index (χ1v) is 8.82. The van der Waals surface area contributed by atoms with E-state index in [4.69, 9.17) is 9.47 Å². The number of ether oxygens (including phenoxy) is 2. The van der Waals surface area contributed by atoms with Gasteiger partial charge in [0.25, 0.3) is 0 Å². The van der Waals surface area contributed by atoms with Gasteiger partial charge in [0.05, 0.1) is 0 Å². The van der Waals surface area contributed by atoms with Gasteiger partial charge in [0, 0.05) is 23.1 Å². The number of amides is 1. The molecule has 0 aromatic heterocycles. The number of thioether (sulfide) groups is 1. The number of piperidine rings is 1. The average molecular weight is 359 g/mol. The molecule has 5 nitrogen and oxygen atoms in total. The number of carbonyl (C=O) groups is 1. The Labute approximate surface area is 147 Å². The molecule has 0 saturated carbocycles. The van der Waals surface area contributed by atoms with Crippen LogP contribution >= 0.6 is 24.2 Å². The van der Waals surface area contributed by atoms with Crippen LogP contribution in [0.1, 0.15) is 19.3 Å². The zero-order valence-corrected chi connectivity index (χ0v) is 14.6. The summed E-state index contributed by atoms with van der Waals surface area (Å²) in [6.07, 6.45) is 2.60. The average Bonchev–Trinajstić information content (AvgIpc) is 2.55. The molecule has 0 radical (unpaired) electrons. The lowest BCUT2D eigenvalue weighted by Crippen LogP contribution is -2.42. The van der Waals surface area contributed by atoms with Crippen molar-refractivity contribution < 1.29 is 14.3 Å². The van der Waals surface area contributed by atoms with Crippen LogP contribution < -0.4 is 20.1 Å². The Morgan fingerprint density at radius 1 is 1.22 bits per heavy atom. The van der Waals surface area contributed by atoms with E-state index >= 15 is 0 Å². The highest BCUT2D eigenvalue weighted by molar-refractivity contribution is 7.99. The van der Waals surface area contributed by atoms with Crippen LogP contribution in [0.5, 0.6) is 11.5 Å². The van der Waals surface area contributed by atoms with Crippen molar-refractivity contribution in [2.75, 3.05) is 32.1 Å². The molecule has 128 valence electrons. The Balaban J connectivity index is 0.00000192. The summed E-state index contributed by atoms with van der Waals surface area (Å²) in [5.74, 6) is 2.53. The maximum atomic E-state index is 11.9. The summed E-state index contributed by atoms with van der Waals surface area (Å²) in [5, 5.41) is 6.42. The fourth-order valence-corrected chi connectivity index (χ4v) is 3.52. The molecule has 7 heteroatoms. The van der Waals surface area contributed by atoms with Gasteiger partial charge in [-0.2, -0.15) is 0 Å². The van der Waals surface area contributed by atoms with E-state index in [1.807, 2.05) is 18.2 Å². The van der Waals surface area contributed by atoms with E-state index in [9.17, 15) is 4.79 Å². The fourth-order valence-electron chi connectivity index (χ4n) is 2.64. The molecule has 0 bridgehead atoms. The second-order valence-electron chi connectivity index (χ2n) is 5.50. The largest absolute Gasteiger partial charge is 0.486 e. The van der Waals surface area contributed by atoms with Gasteiger partial charge >= 0.3 is 0 Å². The molecule has 1 amide bonds. The molecule has 2 aliphatic heterocycles. The molecule has 0 atom stereocenters. The summed E-state index contributed by atoms with van der Waals surface area (Å²) < 4.78 is 11.1. The van der Waals surface area contributed by atoms with E-state index in [0.717, 1.165) is 48.1 Å². The van der Waals surface area contributed by atoms with E-state index in [1.165, 1.54) is 0 Å². The lowest BCUT2D eigenvalue weighted by Gasteiger charge is -2.23. The van der Waals surface area contributed by atoms with E-state index in [-0.39, 0.29) is 18.3 Å². The molecule has 2 aliphatic rings. The predicted octanol–water partition coefficient (Wildman–Crippen LogP) is 2.23. The van der Waals surface area contributed by atoms with Gasteiger partial charge in [-0.1, -0.05) is 0 Å². The first-order valence-electron chi connectivity index (χ1n) is 7.84. The zero-order valence-electron chi connectivity index (χ0n) is 13.0. The number of benzene rings is 1. The number of hydrogen-bond acceptors (Lipinski definition) is 5. The Hall–Kier alpha value is -1.11. The molecule has 1 fully saturated rings. The highest BCUT2D eigenvalue weighted by Crippen LogP contribution is 2.34. The second-order valence-corrected chi connectivity index (χ2v) is 6.66. The van der Waals surface area contributed by atoms with E-state index in [1.54, 1.807) is 11.8 Å². The maximum absolute atomic E-state index is 11.9.